The molecule has 0 bridgehead atoms. The van der Waals surface area contributed by atoms with E-state index in [2.05, 4.69) is 19.2 Å². The molecular weight excluding hydrogens is 118 g/mol. The minimum atomic E-state index is 0.535. The lowest BCUT2D eigenvalue weighted by Crippen LogP contribution is -2.28. The van der Waals surface area contributed by atoms with Crippen molar-refractivity contribution < 1.29 is 0 Å². The van der Waals surface area contributed by atoms with Crippen LogP contribution in [0.4, 0.5) is 0 Å². The van der Waals surface area contributed by atoms with Crippen LogP contribution in [-0.2, 0) is 0 Å². The third kappa shape index (κ3) is 4.06. The number of thiocarbonyl (C=S) groups is 1. The van der Waals surface area contributed by atoms with Crippen molar-refractivity contribution in [3.63, 3.8) is 0 Å². The largest absolute Gasteiger partial charge is 0.377 e. The van der Waals surface area contributed by atoms with Crippen LogP contribution in [-0.4, -0.2) is 11.0 Å². The second kappa shape index (κ2) is 3.84. The maximum absolute atomic E-state index is 4.83. The van der Waals surface area contributed by atoms with Gasteiger partial charge in [-0.1, -0.05) is 19.1 Å². The molecule has 1 unspecified atom stereocenters. The quantitative estimate of drug-likeness (QED) is 0.573. The molecular formula is C6H13NS. The highest BCUT2D eigenvalue weighted by molar-refractivity contribution is 7.80. The van der Waals surface area contributed by atoms with Crippen LogP contribution in [0.25, 0.3) is 0 Å². The molecule has 0 rings (SSSR count). The first kappa shape index (κ1) is 7.89. The predicted molar refractivity (Wildman–Crippen MR) is 41.2 cm³/mol. The lowest BCUT2D eigenvalue weighted by Gasteiger charge is -2.09. The van der Waals surface area contributed by atoms with Crippen molar-refractivity contribution in [2.24, 2.45) is 0 Å². The van der Waals surface area contributed by atoms with Gasteiger partial charge in [-0.2, -0.15) is 0 Å². The van der Waals surface area contributed by atoms with Crippen LogP contribution in [0.1, 0.15) is 27.2 Å². The molecule has 0 amide bonds. The van der Waals surface area contributed by atoms with E-state index in [0.29, 0.717) is 6.04 Å². The Bertz CT molecular complexity index is 80.6. The summed E-state index contributed by atoms with van der Waals surface area (Å²) in [5, 5.41) is 3.12. The molecule has 1 atom stereocenters. The van der Waals surface area contributed by atoms with E-state index in [0.717, 1.165) is 11.4 Å². The monoisotopic (exact) mass is 131 g/mol. The van der Waals surface area contributed by atoms with Crippen molar-refractivity contribution in [2.75, 3.05) is 0 Å². The van der Waals surface area contributed by atoms with Crippen molar-refractivity contribution in [3.05, 3.63) is 0 Å². The number of rotatable bonds is 2. The van der Waals surface area contributed by atoms with Gasteiger partial charge in [0.2, 0.25) is 0 Å². The van der Waals surface area contributed by atoms with Crippen molar-refractivity contribution in [1.82, 2.24) is 5.32 Å². The van der Waals surface area contributed by atoms with E-state index in [9.17, 15) is 0 Å². The number of hydrogen-bond donors (Lipinski definition) is 1. The molecule has 0 fully saturated rings. The van der Waals surface area contributed by atoms with Crippen molar-refractivity contribution in [1.29, 1.82) is 0 Å². The minimum Gasteiger partial charge on any atom is -0.377 e. The summed E-state index contributed by atoms with van der Waals surface area (Å²) in [5.41, 5.74) is 0. The second-order valence-electron chi connectivity index (χ2n) is 2.01. The molecule has 0 aliphatic heterocycles. The van der Waals surface area contributed by atoms with Crippen molar-refractivity contribution in [2.45, 2.75) is 33.2 Å². The molecule has 0 aliphatic carbocycles. The molecule has 0 radical (unpaired) electrons. The van der Waals surface area contributed by atoms with Gasteiger partial charge < -0.3 is 5.32 Å². The Kier molecular flexibility index (Phi) is 3.79. The van der Waals surface area contributed by atoms with Gasteiger partial charge in [0, 0.05) is 6.04 Å². The Morgan fingerprint density at radius 1 is 1.75 bits per heavy atom. The van der Waals surface area contributed by atoms with Crippen molar-refractivity contribution in [3.8, 4) is 0 Å². The van der Waals surface area contributed by atoms with Gasteiger partial charge in [0.05, 0.1) is 4.99 Å². The maximum Gasteiger partial charge on any atom is 0.0723 e. The normalized spacial score (nSPS) is 12.9. The zero-order valence-electron chi connectivity index (χ0n) is 5.69. The number of nitrogens with one attached hydrogen (secondary N) is 1. The fraction of sp³-hybridized carbons (Fsp3) is 0.833. The SMILES string of the molecule is CCC(C)NC(C)=S. The van der Waals surface area contributed by atoms with Crippen LogP contribution in [0.15, 0.2) is 0 Å². The third-order valence-electron chi connectivity index (χ3n) is 1.06. The Hall–Kier alpha value is -0.110. The highest BCUT2D eigenvalue weighted by Gasteiger charge is 1.93. The summed E-state index contributed by atoms with van der Waals surface area (Å²) in [6.45, 7) is 6.16. The Morgan fingerprint density at radius 3 is 2.38 bits per heavy atom. The maximum atomic E-state index is 4.83. The molecule has 0 spiro atoms. The highest BCUT2D eigenvalue weighted by Crippen LogP contribution is 1.86. The fourth-order valence-corrected chi connectivity index (χ4v) is 0.650. The summed E-state index contributed by atoms with van der Waals surface area (Å²) in [6.07, 6.45) is 1.13. The van der Waals surface area contributed by atoms with Gasteiger partial charge in [-0.25, -0.2) is 0 Å². The van der Waals surface area contributed by atoms with Gasteiger partial charge in [-0.05, 0) is 20.3 Å². The molecule has 0 aromatic rings. The average Bonchev–Trinajstić information content (AvgIpc) is 1.65. The average molecular weight is 131 g/mol. The van der Waals surface area contributed by atoms with E-state index >= 15 is 0 Å². The van der Waals surface area contributed by atoms with Gasteiger partial charge in [-0.3, -0.25) is 0 Å². The summed E-state index contributed by atoms with van der Waals surface area (Å²) in [5.74, 6) is 0. The van der Waals surface area contributed by atoms with E-state index in [4.69, 9.17) is 12.2 Å². The summed E-state index contributed by atoms with van der Waals surface area (Å²) in [6, 6.07) is 0.535. The lowest BCUT2D eigenvalue weighted by molar-refractivity contribution is 0.645. The van der Waals surface area contributed by atoms with Crippen LogP contribution in [0, 0.1) is 0 Å². The van der Waals surface area contributed by atoms with Gasteiger partial charge in [-0.15, -0.1) is 0 Å². The van der Waals surface area contributed by atoms with Crippen LogP contribution < -0.4 is 5.32 Å². The molecule has 48 valence electrons. The third-order valence-corrected chi connectivity index (χ3v) is 1.18. The molecule has 0 saturated heterocycles. The number of hydrogen-bond acceptors (Lipinski definition) is 1. The van der Waals surface area contributed by atoms with Crippen molar-refractivity contribution >= 4 is 17.2 Å². The van der Waals surface area contributed by atoms with Crippen LogP contribution >= 0.6 is 12.2 Å². The molecule has 0 aliphatic rings. The van der Waals surface area contributed by atoms with E-state index in [1.54, 1.807) is 0 Å². The van der Waals surface area contributed by atoms with Crippen LogP contribution in [0.5, 0.6) is 0 Å². The molecule has 0 heterocycles. The molecule has 8 heavy (non-hydrogen) atoms. The molecule has 0 aromatic carbocycles. The van der Waals surface area contributed by atoms with E-state index in [-0.39, 0.29) is 0 Å². The van der Waals surface area contributed by atoms with Gasteiger partial charge >= 0.3 is 0 Å². The smallest absolute Gasteiger partial charge is 0.0723 e. The fourth-order valence-electron chi connectivity index (χ4n) is 0.449. The predicted octanol–water partition coefficient (Wildman–Crippen LogP) is 1.72. The topological polar surface area (TPSA) is 12.0 Å². The molecule has 1 N–H and O–H groups in total. The standard InChI is InChI=1S/C6H13NS/c1-4-5(2)7-6(3)8/h5H,4H2,1-3H3,(H,7,8). The zero-order valence-corrected chi connectivity index (χ0v) is 6.51. The summed E-state index contributed by atoms with van der Waals surface area (Å²) >= 11 is 4.83. The van der Waals surface area contributed by atoms with Crippen LogP contribution in [0.3, 0.4) is 0 Å². The Balaban J connectivity index is 3.24. The summed E-state index contributed by atoms with van der Waals surface area (Å²) in [4.78, 5) is 0.888. The van der Waals surface area contributed by atoms with Gasteiger partial charge in [0.1, 0.15) is 0 Å². The first-order chi connectivity index (χ1) is 3.66. The Labute approximate surface area is 56.5 Å². The molecule has 2 heteroatoms. The highest BCUT2D eigenvalue weighted by atomic mass is 32.1. The first-order valence-corrected chi connectivity index (χ1v) is 3.34. The first-order valence-electron chi connectivity index (χ1n) is 2.94. The van der Waals surface area contributed by atoms with Crippen LogP contribution in [0.2, 0.25) is 0 Å². The van der Waals surface area contributed by atoms with E-state index in [1.807, 2.05) is 6.92 Å². The van der Waals surface area contributed by atoms with E-state index in [1.165, 1.54) is 0 Å². The summed E-state index contributed by atoms with van der Waals surface area (Å²) < 4.78 is 0. The van der Waals surface area contributed by atoms with Gasteiger partial charge in [0.25, 0.3) is 0 Å². The Morgan fingerprint density at radius 2 is 2.25 bits per heavy atom. The molecule has 1 nitrogen and oxygen atoms in total. The molecule has 0 aromatic heterocycles. The van der Waals surface area contributed by atoms with Gasteiger partial charge in [0.15, 0.2) is 0 Å². The summed E-state index contributed by atoms with van der Waals surface area (Å²) in [7, 11) is 0. The minimum absolute atomic E-state index is 0.535. The molecule has 0 saturated carbocycles. The second-order valence-corrected chi connectivity index (χ2v) is 2.62. The van der Waals surface area contributed by atoms with E-state index < -0.39 is 0 Å². The lowest BCUT2D eigenvalue weighted by atomic mass is 10.3. The zero-order chi connectivity index (χ0) is 6.57.